The van der Waals surface area contributed by atoms with Gasteiger partial charge in [0.05, 0.1) is 6.61 Å². The Labute approximate surface area is 152 Å². The molecule has 144 valence electrons. The molecule has 0 N–H and O–H groups in total. The van der Waals surface area contributed by atoms with Crippen LogP contribution in [0.5, 0.6) is 0 Å². The van der Waals surface area contributed by atoms with Gasteiger partial charge in [-0.25, -0.2) is 9.59 Å². The first-order chi connectivity index (χ1) is 11.8. The van der Waals surface area contributed by atoms with Crippen molar-refractivity contribution in [2.75, 3.05) is 6.61 Å². The molecule has 25 heavy (non-hydrogen) atoms. The topological polar surface area (TPSA) is 55.8 Å². The van der Waals surface area contributed by atoms with Crippen LogP contribution in [0.1, 0.15) is 85.5 Å². The first-order valence-corrected chi connectivity index (χ1v) is 10.0. The minimum atomic E-state index is -0.565. The quantitative estimate of drug-likeness (QED) is 0.691. The van der Waals surface area contributed by atoms with Gasteiger partial charge in [0.2, 0.25) is 0 Å². The molecular weight excluding hydrogens is 318 g/mol. The molecule has 5 heteroatoms. The maximum atomic E-state index is 12.9. The summed E-state index contributed by atoms with van der Waals surface area (Å²) < 4.78 is 10.9. The Morgan fingerprint density at radius 3 is 2.12 bits per heavy atom. The minimum Gasteiger partial charge on any atom is -0.464 e. The zero-order chi connectivity index (χ0) is 18.4. The maximum Gasteiger partial charge on any atom is 0.411 e. The number of carbonyl (C=O) groups is 2. The number of ether oxygens (including phenoxy) is 2. The van der Waals surface area contributed by atoms with Gasteiger partial charge in [-0.1, -0.05) is 32.1 Å². The normalized spacial score (nSPS) is 26.0. The summed E-state index contributed by atoms with van der Waals surface area (Å²) in [6.07, 6.45) is 9.76. The molecule has 5 nitrogen and oxygen atoms in total. The lowest BCUT2D eigenvalue weighted by Crippen LogP contribution is -2.50. The van der Waals surface area contributed by atoms with Crippen molar-refractivity contribution in [1.29, 1.82) is 0 Å². The number of hydrogen-bond acceptors (Lipinski definition) is 4. The van der Waals surface area contributed by atoms with Gasteiger partial charge in [-0.05, 0) is 59.3 Å². The zero-order valence-electron chi connectivity index (χ0n) is 16.4. The molecule has 0 aromatic rings. The first kappa shape index (κ1) is 20.1. The van der Waals surface area contributed by atoms with Crippen LogP contribution in [-0.4, -0.2) is 41.3 Å². The van der Waals surface area contributed by atoms with E-state index in [1.165, 1.54) is 32.1 Å². The number of hydrogen-bond donors (Lipinski definition) is 0. The monoisotopic (exact) mass is 353 g/mol. The molecule has 0 spiro atoms. The molecule has 0 radical (unpaired) electrons. The van der Waals surface area contributed by atoms with Gasteiger partial charge >= 0.3 is 12.1 Å². The van der Waals surface area contributed by atoms with Gasteiger partial charge in [-0.2, -0.15) is 0 Å². The van der Waals surface area contributed by atoms with E-state index in [0.29, 0.717) is 18.9 Å². The smallest absolute Gasteiger partial charge is 0.411 e. The molecule has 1 aliphatic carbocycles. The molecule has 2 rings (SSSR count). The Kier molecular flexibility index (Phi) is 7.14. The van der Waals surface area contributed by atoms with Crippen molar-refractivity contribution in [2.45, 2.75) is 103 Å². The Hall–Kier alpha value is -1.26. The molecule has 0 aromatic carbocycles. The van der Waals surface area contributed by atoms with Gasteiger partial charge in [0.25, 0.3) is 0 Å². The predicted molar refractivity (Wildman–Crippen MR) is 97.3 cm³/mol. The number of amides is 1. The third-order valence-electron chi connectivity index (χ3n) is 5.29. The minimum absolute atomic E-state index is 0.0994. The second-order valence-corrected chi connectivity index (χ2v) is 8.41. The molecule has 1 amide bonds. The van der Waals surface area contributed by atoms with Crippen LogP contribution < -0.4 is 0 Å². The van der Waals surface area contributed by atoms with Crippen LogP contribution >= 0.6 is 0 Å². The molecular formula is C20H35NO4. The van der Waals surface area contributed by atoms with Crippen molar-refractivity contribution < 1.29 is 19.1 Å². The molecule has 2 atom stereocenters. The Bertz CT molecular complexity index is 449. The summed E-state index contributed by atoms with van der Waals surface area (Å²) in [5.41, 5.74) is -0.565. The summed E-state index contributed by atoms with van der Waals surface area (Å²) in [6, 6.07) is -0.396. The van der Waals surface area contributed by atoms with Gasteiger partial charge in [-0.15, -0.1) is 0 Å². The summed E-state index contributed by atoms with van der Waals surface area (Å²) >= 11 is 0. The highest BCUT2D eigenvalue weighted by molar-refractivity contribution is 5.82. The lowest BCUT2D eigenvalue weighted by molar-refractivity contribution is -0.149. The van der Waals surface area contributed by atoms with E-state index in [4.69, 9.17) is 9.47 Å². The van der Waals surface area contributed by atoms with Crippen molar-refractivity contribution in [2.24, 2.45) is 5.92 Å². The highest BCUT2D eigenvalue weighted by atomic mass is 16.6. The highest BCUT2D eigenvalue weighted by Gasteiger charge is 2.46. The molecule has 2 aliphatic rings. The van der Waals surface area contributed by atoms with Crippen molar-refractivity contribution in [3.05, 3.63) is 0 Å². The van der Waals surface area contributed by atoms with Gasteiger partial charge < -0.3 is 9.47 Å². The van der Waals surface area contributed by atoms with E-state index in [2.05, 4.69) is 0 Å². The van der Waals surface area contributed by atoms with Crippen LogP contribution in [-0.2, 0) is 14.3 Å². The number of likely N-dealkylation sites (tertiary alicyclic amines) is 1. The number of esters is 1. The molecule has 1 aliphatic heterocycles. The van der Waals surface area contributed by atoms with Crippen LogP contribution in [0.2, 0.25) is 0 Å². The van der Waals surface area contributed by atoms with Gasteiger partial charge in [0.1, 0.15) is 11.6 Å². The largest absolute Gasteiger partial charge is 0.464 e. The lowest BCUT2D eigenvalue weighted by Gasteiger charge is -2.36. The molecule has 2 fully saturated rings. The number of carbonyl (C=O) groups excluding carboxylic acids is 2. The second kappa shape index (κ2) is 8.91. The van der Waals surface area contributed by atoms with Crippen LogP contribution in [0.25, 0.3) is 0 Å². The van der Waals surface area contributed by atoms with Crippen molar-refractivity contribution >= 4 is 12.1 Å². The molecule has 1 heterocycles. The van der Waals surface area contributed by atoms with Crippen LogP contribution in [0, 0.1) is 5.92 Å². The average molecular weight is 354 g/mol. The van der Waals surface area contributed by atoms with Gasteiger partial charge in [0.15, 0.2) is 0 Å². The average Bonchev–Trinajstić information content (AvgIpc) is 2.90. The van der Waals surface area contributed by atoms with E-state index in [-0.39, 0.29) is 18.1 Å². The summed E-state index contributed by atoms with van der Waals surface area (Å²) in [5, 5.41) is 0. The summed E-state index contributed by atoms with van der Waals surface area (Å²) in [6.45, 7) is 7.74. The molecule has 1 saturated heterocycles. The first-order valence-electron chi connectivity index (χ1n) is 10.0. The Morgan fingerprint density at radius 1 is 0.960 bits per heavy atom. The van der Waals surface area contributed by atoms with Crippen molar-refractivity contribution in [1.82, 2.24) is 4.90 Å². The lowest BCUT2D eigenvalue weighted by atomic mass is 9.85. The summed E-state index contributed by atoms with van der Waals surface area (Å²) in [7, 11) is 0. The Balaban J connectivity index is 2.17. The third kappa shape index (κ3) is 5.61. The molecule has 1 saturated carbocycles. The maximum absolute atomic E-state index is 12.9. The summed E-state index contributed by atoms with van der Waals surface area (Å²) in [5.74, 6) is 0.175. The predicted octanol–water partition coefficient (Wildman–Crippen LogP) is 4.68. The standard InChI is InChI=1S/C20H35NO4/c1-5-24-18(22)17-14-13-16(15-11-9-7-6-8-10-12-15)21(17)19(23)25-20(2,3)4/h15-17H,5-14H2,1-4H3. The van der Waals surface area contributed by atoms with Crippen LogP contribution in [0.3, 0.4) is 0 Å². The molecule has 2 unspecified atom stereocenters. The van der Waals surface area contributed by atoms with E-state index >= 15 is 0 Å². The van der Waals surface area contributed by atoms with E-state index < -0.39 is 11.6 Å². The zero-order valence-corrected chi connectivity index (χ0v) is 16.4. The van der Waals surface area contributed by atoms with Gasteiger partial charge in [0, 0.05) is 6.04 Å². The highest BCUT2D eigenvalue weighted by Crippen LogP contribution is 2.37. The van der Waals surface area contributed by atoms with E-state index in [9.17, 15) is 9.59 Å². The fourth-order valence-corrected chi connectivity index (χ4v) is 4.22. The van der Waals surface area contributed by atoms with Crippen molar-refractivity contribution in [3.63, 3.8) is 0 Å². The van der Waals surface area contributed by atoms with E-state index in [1.807, 2.05) is 20.8 Å². The summed E-state index contributed by atoms with van der Waals surface area (Å²) in [4.78, 5) is 27.0. The van der Waals surface area contributed by atoms with Crippen LogP contribution in [0.4, 0.5) is 4.79 Å². The fraction of sp³-hybridized carbons (Fsp3) is 0.900. The van der Waals surface area contributed by atoms with Crippen molar-refractivity contribution in [3.8, 4) is 0 Å². The molecule has 0 aromatic heterocycles. The van der Waals surface area contributed by atoms with Gasteiger partial charge in [-0.3, -0.25) is 4.90 Å². The van der Waals surface area contributed by atoms with Crippen LogP contribution in [0.15, 0.2) is 0 Å². The fourth-order valence-electron chi connectivity index (χ4n) is 4.22. The SMILES string of the molecule is CCOC(=O)C1CCC(C2CCCCCCC2)N1C(=O)OC(C)(C)C. The molecule has 0 bridgehead atoms. The third-order valence-corrected chi connectivity index (χ3v) is 5.29. The number of rotatable bonds is 3. The van der Waals surface area contributed by atoms with E-state index in [0.717, 1.165) is 19.3 Å². The Morgan fingerprint density at radius 2 is 1.56 bits per heavy atom. The van der Waals surface area contributed by atoms with E-state index in [1.54, 1.807) is 11.8 Å². The number of nitrogens with zero attached hydrogens (tertiary/aromatic N) is 1. The second-order valence-electron chi connectivity index (χ2n) is 8.41.